The lowest BCUT2D eigenvalue weighted by atomic mass is 10.2. The summed E-state index contributed by atoms with van der Waals surface area (Å²) >= 11 is 0. The van der Waals surface area contributed by atoms with Gasteiger partial charge in [-0.15, -0.1) is 0 Å². The van der Waals surface area contributed by atoms with E-state index in [0.717, 1.165) is 5.69 Å². The van der Waals surface area contributed by atoms with E-state index in [2.05, 4.69) is 16.5 Å². The molecule has 0 amide bonds. The van der Waals surface area contributed by atoms with Crippen molar-refractivity contribution in [2.24, 2.45) is 0 Å². The van der Waals surface area contributed by atoms with Gasteiger partial charge in [0.25, 0.3) is 0 Å². The Labute approximate surface area is 77.8 Å². The van der Waals surface area contributed by atoms with Crippen LogP contribution in [0.2, 0.25) is 0 Å². The number of aromatic nitrogens is 1. The van der Waals surface area contributed by atoms with Crippen molar-refractivity contribution < 1.29 is 0 Å². The molecule has 0 aromatic carbocycles. The summed E-state index contributed by atoms with van der Waals surface area (Å²) < 4.78 is 0. The summed E-state index contributed by atoms with van der Waals surface area (Å²) in [5.74, 6) is 0.604. The quantitative estimate of drug-likeness (QED) is 0.687. The van der Waals surface area contributed by atoms with Gasteiger partial charge in [0.05, 0.1) is 5.56 Å². The lowest BCUT2D eigenvalue weighted by Gasteiger charge is -2.13. The molecule has 13 heavy (non-hydrogen) atoms. The van der Waals surface area contributed by atoms with E-state index < -0.39 is 0 Å². The maximum Gasteiger partial charge on any atom is 0.158 e. The Hall–Kier alpha value is -1.60. The largest absolute Gasteiger partial charge is 0.303 e. The van der Waals surface area contributed by atoms with Crippen molar-refractivity contribution in [3.05, 3.63) is 23.4 Å². The SMILES string of the molecule is Cc1ccc(C#N)c(NN(C)C)n1. The summed E-state index contributed by atoms with van der Waals surface area (Å²) in [5, 5.41) is 10.5. The van der Waals surface area contributed by atoms with Gasteiger partial charge in [-0.05, 0) is 19.1 Å². The second-order valence-corrected chi connectivity index (χ2v) is 2.97. The van der Waals surface area contributed by atoms with Gasteiger partial charge < -0.3 is 5.43 Å². The molecule has 4 nitrogen and oxygen atoms in total. The van der Waals surface area contributed by atoms with Crippen LogP contribution < -0.4 is 5.43 Å². The summed E-state index contributed by atoms with van der Waals surface area (Å²) in [7, 11) is 3.70. The van der Waals surface area contributed by atoms with Crippen molar-refractivity contribution in [2.75, 3.05) is 19.5 Å². The van der Waals surface area contributed by atoms with E-state index in [1.54, 1.807) is 11.1 Å². The molecule has 1 heterocycles. The van der Waals surface area contributed by atoms with Crippen LogP contribution in [0.5, 0.6) is 0 Å². The maximum absolute atomic E-state index is 8.77. The van der Waals surface area contributed by atoms with E-state index in [9.17, 15) is 0 Å². The molecule has 68 valence electrons. The molecule has 0 saturated heterocycles. The highest BCUT2D eigenvalue weighted by molar-refractivity contribution is 5.51. The molecule has 1 aromatic heterocycles. The van der Waals surface area contributed by atoms with Gasteiger partial charge in [0.15, 0.2) is 5.82 Å². The van der Waals surface area contributed by atoms with Crippen LogP contribution in [0.25, 0.3) is 0 Å². The average molecular weight is 176 g/mol. The first-order chi connectivity index (χ1) is 6.13. The van der Waals surface area contributed by atoms with E-state index >= 15 is 0 Å². The highest BCUT2D eigenvalue weighted by Gasteiger charge is 2.03. The van der Waals surface area contributed by atoms with Crippen LogP contribution in [0.3, 0.4) is 0 Å². The Morgan fingerprint density at radius 3 is 2.69 bits per heavy atom. The van der Waals surface area contributed by atoms with Gasteiger partial charge in [-0.3, -0.25) is 0 Å². The fourth-order valence-corrected chi connectivity index (χ4v) is 0.944. The molecular weight excluding hydrogens is 164 g/mol. The number of nitrogens with one attached hydrogen (secondary N) is 1. The smallest absolute Gasteiger partial charge is 0.158 e. The van der Waals surface area contributed by atoms with Crippen molar-refractivity contribution in [3.8, 4) is 6.07 Å². The highest BCUT2D eigenvalue weighted by atomic mass is 15.5. The third-order valence-electron chi connectivity index (χ3n) is 1.48. The molecule has 0 aliphatic carbocycles. The molecule has 0 saturated carbocycles. The van der Waals surface area contributed by atoms with E-state index in [4.69, 9.17) is 5.26 Å². The summed E-state index contributed by atoms with van der Waals surface area (Å²) in [4.78, 5) is 4.21. The Kier molecular flexibility index (Phi) is 2.83. The van der Waals surface area contributed by atoms with Gasteiger partial charge in [0.1, 0.15) is 6.07 Å². The molecule has 0 atom stereocenters. The first-order valence-electron chi connectivity index (χ1n) is 3.95. The third kappa shape index (κ3) is 2.42. The predicted octanol–water partition coefficient (Wildman–Crippen LogP) is 1.15. The van der Waals surface area contributed by atoms with E-state index in [1.165, 1.54) is 0 Å². The molecule has 4 heteroatoms. The zero-order valence-electron chi connectivity index (χ0n) is 8.00. The number of hydrogen-bond donors (Lipinski definition) is 1. The van der Waals surface area contributed by atoms with Crippen molar-refractivity contribution in [2.45, 2.75) is 6.92 Å². The number of nitriles is 1. The lowest BCUT2D eigenvalue weighted by Crippen LogP contribution is -2.21. The minimum Gasteiger partial charge on any atom is -0.303 e. The molecule has 0 aliphatic rings. The molecule has 0 spiro atoms. The van der Waals surface area contributed by atoms with E-state index in [-0.39, 0.29) is 0 Å². The monoisotopic (exact) mass is 176 g/mol. The van der Waals surface area contributed by atoms with E-state index in [1.807, 2.05) is 27.1 Å². The standard InChI is InChI=1S/C9H12N4/c1-7-4-5-8(6-10)9(11-7)12-13(2)3/h4-5H,1-3H3,(H,11,12). The van der Waals surface area contributed by atoms with Gasteiger partial charge in [0.2, 0.25) is 0 Å². The minimum atomic E-state index is 0.555. The maximum atomic E-state index is 8.77. The second-order valence-electron chi connectivity index (χ2n) is 2.97. The number of pyridine rings is 1. The number of rotatable bonds is 2. The summed E-state index contributed by atoms with van der Waals surface area (Å²) in [6, 6.07) is 5.65. The van der Waals surface area contributed by atoms with Crippen LogP contribution in [0.15, 0.2) is 12.1 Å². The molecule has 1 N–H and O–H groups in total. The van der Waals surface area contributed by atoms with Crippen LogP contribution >= 0.6 is 0 Å². The summed E-state index contributed by atoms with van der Waals surface area (Å²) in [6.07, 6.45) is 0. The average Bonchev–Trinajstić information content (AvgIpc) is 2.03. The number of nitrogens with zero attached hydrogens (tertiary/aromatic N) is 3. The molecule has 0 aliphatic heterocycles. The predicted molar refractivity (Wildman–Crippen MR) is 51.0 cm³/mol. The van der Waals surface area contributed by atoms with Gasteiger partial charge in [0, 0.05) is 19.8 Å². The highest BCUT2D eigenvalue weighted by Crippen LogP contribution is 2.11. The second kappa shape index (κ2) is 3.87. The van der Waals surface area contributed by atoms with Crippen LogP contribution in [0.1, 0.15) is 11.3 Å². The summed E-state index contributed by atoms with van der Waals surface area (Å²) in [5.41, 5.74) is 4.41. The number of anilines is 1. The van der Waals surface area contributed by atoms with Crippen molar-refractivity contribution >= 4 is 5.82 Å². The summed E-state index contributed by atoms with van der Waals surface area (Å²) in [6.45, 7) is 1.89. The van der Waals surface area contributed by atoms with Crippen LogP contribution in [0, 0.1) is 18.3 Å². The number of hydrazine groups is 1. The molecule has 0 radical (unpaired) electrons. The molecule has 0 fully saturated rings. The van der Waals surface area contributed by atoms with Gasteiger partial charge in [-0.2, -0.15) is 5.26 Å². The normalized spacial score (nSPS) is 9.77. The molecule has 1 rings (SSSR count). The van der Waals surface area contributed by atoms with Crippen LogP contribution in [-0.4, -0.2) is 24.1 Å². The molecule has 0 bridgehead atoms. The van der Waals surface area contributed by atoms with Crippen LogP contribution in [0.4, 0.5) is 5.82 Å². The Bertz CT molecular complexity index is 338. The molecular formula is C9H12N4. The van der Waals surface area contributed by atoms with Gasteiger partial charge in [-0.25, -0.2) is 9.99 Å². The molecule has 1 aromatic rings. The fourth-order valence-electron chi connectivity index (χ4n) is 0.944. The van der Waals surface area contributed by atoms with Crippen molar-refractivity contribution in [1.29, 1.82) is 5.26 Å². The minimum absolute atomic E-state index is 0.555. The lowest BCUT2D eigenvalue weighted by molar-refractivity contribution is 0.492. The Balaban J connectivity index is 3.03. The van der Waals surface area contributed by atoms with E-state index in [0.29, 0.717) is 11.4 Å². The van der Waals surface area contributed by atoms with Gasteiger partial charge >= 0.3 is 0 Å². The number of hydrogen-bond acceptors (Lipinski definition) is 4. The number of aryl methyl sites for hydroxylation is 1. The topological polar surface area (TPSA) is 52.0 Å². The third-order valence-corrected chi connectivity index (χ3v) is 1.48. The zero-order chi connectivity index (χ0) is 9.84. The first kappa shape index (κ1) is 9.49. The molecule has 0 unspecified atom stereocenters. The Morgan fingerprint density at radius 2 is 2.15 bits per heavy atom. The van der Waals surface area contributed by atoms with Crippen LogP contribution in [-0.2, 0) is 0 Å². The van der Waals surface area contributed by atoms with Gasteiger partial charge in [-0.1, -0.05) is 0 Å². The zero-order valence-corrected chi connectivity index (χ0v) is 8.00. The van der Waals surface area contributed by atoms with Crippen molar-refractivity contribution in [3.63, 3.8) is 0 Å². The first-order valence-corrected chi connectivity index (χ1v) is 3.95. The Morgan fingerprint density at radius 1 is 1.46 bits per heavy atom. The fraction of sp³-hybridized carbons (Fsp3) is 0.333. The van der Waals surface area contributed by atoms with Crippen molar-refractivity contribution in [1.82, 2.24) is 9.99 Å².